The summed E-state index contributed by atoms with van der Waals surface area (Å²) in [5, 5.41) is 2.30. The van der Waals surface area contributed by atoms with E-state index >= 15 is 0 Å². The molecule has 0 heterocycles. The van der Waals surface area contributed by atoms with Crippen molar-refractivity contribution in [3.63, 3.8) is 0 Å². The van der Waals surface area contributed by atoms with E-state index < -0.39 is 25.1 Å². The summed E-state index contributed by atoms with van der Waals surface area (Å²) in [6, 6.07) is 6.97. The number of rotatable bonds is 10. The predicted molar refractivity (Wildman–Crippen MR) is 113 cm³/mol. The van der Waals surface area contributed by atoms with Crippen molar-refractivity contribution in [3.05, 3.63) is 47.0 Å². The van der Waals surface area contributed by atoms with Crippen LogP contribution in [0, 0.1) is 0 Å². The maximum atomic E-state index is 12.2. The summed E-state index contributed by atoms with van der Waals surface area (Å²) in [6.07, 6.45) is 2.58. The molecule has 2 aromatic carbocycles. The molecule has 11 heteroatoms. The van der Waals surface area contributed by atoms with Gasteiger partial charge in [-0.3, -0.25) is 4.79 Å². The Bertz CT molecular complexity index is 973. The first kappa shape index (κ1) is 24.7. The zero-order chi connectivity index (χ0) is 23.7. The first-order valence-corrected chi connectivity index (χ1v) is 9.34. The highest BCUT2D eigenvalue weighted by atomic mass is 35.5. The van der Waals surface area contributed by atoms with E-state index in [4.69, 9.17) is 30.5 Å². The lowest BCUT2D eigenvalue weighted by molar-refractivity contribution is -0.142. The monoisotopic (exact) mass is 471 g/mol. The number of ether oxygens (including phenoxy) is 5. The molecule has 8 nitrogen and oxygen atoms in total. The molecule has 0 bridgehead atoms. The van der Waals surface area contributed by atoms with Gasteiger partial charge in [-0.15, -0.1) is 0 Å². The summed E-state index contributed by atoms with van der Waals surface area (Å²) >= 11 is 5.82. The second-order valence-electron chi connectivity index (χ2n) is 5.97. The van der Waals surface area contributed by atoms with Crippen LogP contribution in [0.4, 0.5) is 14.5 Å². The summed E-state index contributed by atoms with van der Waals surface area (Å²) in [7, 11) is 4.40. The Morgan fingerprint density at radius 3 is 2.22 bits per heavy atom. The van der Waals surface area contributed by atoms with Gasteiger partial charge in [0.25, 0.3) is 5.91 Å². The number of carbonyl (C=O) groups excluding carboxylic acids is 2. The predicted octanol–water partition coefficient (Wildman–Crippen LogP) is 4.16. The topological polar surface area (TPSA) is 92.3 Å². The van der Waals surface area contributed by atoms with Gasteiger partial charge in [0.2, 0.25) is 5.75 Å². The second kappa shape index (κ2) is 11.8. The van der Waals surface area contributed by atoms with Crippen molar-refractivity contribution in [1.82, 2.24) is 0 Å². The number of benzene rings is 2. The fraction of sp³-hybridized carbons (Fsp3) is 0.238. The Morgan fingerprint density at radius 1 is 1.03 bits per heavy atom. The zero-order valence-electron chi connectivity index (χ0n) is 17.3. The van der Waals surface area contributed by atoms with E-state index in [-0.39, 0.29) is 16.5 Å². The van der Waals surface area contributed by atoms with Crippen LogP contribution >= 0.6 is 11.6 Å². The van der Waals surface area contributed by atoms with Crippen LogP contribution in [0.5, 0.6) is 23.0 Å². The van der Waals surface area contributed by atoms with Crippen LogP contribution in [0.15, 0.2) is 36.4 Å². The summed E-state index contributed by atoms with van der Waals surface area (Å²) < 4.78 is 49.3. The van der Waals surface area contributed by atoms with E-state index in [9.17, 15) is 18.4 Å². The largest absolute Gasteiger partial charge is 0.493 e. The van der Waals surface area contributed by atoms with E-state index in [1.807, 2.05) is 0 Å². The SMILES string of the molecule is COc1cc(/C=C/C(=O)OCC(=O)Nc2ccc(OC(F)F)c(Cl)c2)cc(OC)c1OC. The average molecular weight is 472 g/mol. The quantitative estimate of drug-likeness (QED) is 0.411. The summed E-state index contributed by atoms with van der Waals surface area (Å²) in [5.41, 5.74) is 0.785. The van der Waals surface area contributed by atoms with Crippen molar-refractivity contribution in [2.75, 3.05) is 33.3 Å². The fourth-order valence-corrected chi connectivity index (χ4v) is 2.74. The van der Waals surface area contributed by atoms with Crippen molar-refractivity contribution in [2.24, 2.45) is 0 Å². The molecule has 0 saturated carbocycles. The van der Waals surface area contributed by atoms with E-state index in [2.05, 4.69) is 10.1 Å². The normalized spacial score (nSPS) is 10.7. The third-order valence-electron chi connectivity index (χ3n) is 3.88. The number of anilines is 1. The van der Waals surface area contributed by atoms with Crippen molar-refractivity contribution in [1.29, 1.82) is 0 Å². The van der Waals surface area contributed by atoms with Gasteiger partial charge in [-0.05, 0) is 42.0 Å². The van der Waals surface area contributed by atoms with Crippen LogP contribution in [0.2, 0.25) is 5.02 Å². The van der Waals surface area contributed by atoms with Crippen LogP contribution in [-0.2, 0) is 14.3 Å². The Morgan fingerprint density at radius 2 is 1.69 bits per heavy atom. The summed E-state index contributed by atoms with van der Waals surface area (Å²) in [6.45, 7) is -3.61. The molecule has 2 rings (SSSR count). The number of methoxy groups -OCH3 is 3. The van der Waals surface area contributed by atoms with Crippen LogP contribution in [-0.4, -0.2) is 46.4 Å². The van der Waals surface area contributed by atoms with Crippen LogP contribution < -0.4 is 24.3 Å². The van der Waals surface area contributed by atoms with Gasteiger partial charge >= 0.3 is 12.6 Å². The molecule has 172 valence electrons. The van der Waals surface area contributed by atoms with Gasteiger partial charge < -0.3 is 29.0 Å². The standard InChI is InChI=1S/C21H20ClF2NO7/c1-28-16-8-12(9-17(29-2)20(16)30-3)4-7-19(27)31-11-18(26)25-13-5-6-15(14(22)10-13)32-21(23)24/h4-10,21H,11H2,1-3H3,(H,25,26)/b7-4+. The van der Waals surface area contributed by atoms with Crippen LogP contribution in [0.25, 0.3) is 6.08 Å². The first-order valence-electron chi connectivity index (χ1n) is 8.96. The molecular formula is C21H20ClF2NO7. The molecule has 1 N–H and O–H groups in total. The molecule has 0 saturated heterocycles. The van der Waals surface area contributed by atoms with Crippen LogP contribution in [0.3, 0.4) is 0 Å². The lowest BCUT2D eigenvalue weighted by atomic mass is 10.1. The maximum Gasteiger partial charge on any atom is 0.387 e. The zero-order valence-corrected chi connectivity index (χ0v) is 18.1. The third kappa shape index (κ3) is 7.02. The first-order chi connectivity index (χ1) is 15.3. The second-order valence-corrected chi connectivity index (χ2v) is 6.38. The molecule has 0 aliphatic carbocycles. The highest BCUT2D eigenvalue weighted by Crippen LogP contribution is 2.38. The molecular weight excluding hydrogens is 452 g/mol. The van der Waals surface area contributed by atoms with E-state index in [1.54, 1.807) is 12.1 Å². The molecule has 2 aromatic rings. The third-order valence-corrected chi connectivity index (χ3v) is 4.17. The molecule has 0 atom stereocenters. The number of halogens is 3. The highest BCUT2D eigenvalue weighted by Gasteiger charge is 2.13. The molecule has 0 aliphatic rings. The number of amides is 1. The van der Waals surface area contributed by atoms with Gasteiger partial charge in [0.1, 0.15) is 5.75 Å². The minimum atomic E-state index is -3.03. The minimum absolute atomic E-state index is 0.117. The number of esters is 1. The van der Waals surface area contributed by atoms with Crippen LogP contribution in [0.1, 0.15) is 5.56 Å². The van der Waals surface area contributed by atoms with Crippen molar-refractivity contribution in [3.8, 4) is 23.0 Å². The van der Waals surface area contributed by atoms with Gasteiger partial charge in [-0.25, -0.2) is 4.79 Å². The Labute approximate surface area is 187 Å². The smallest absolute Gasteiger partial charge is 0.387 e. The van der Waals surface area contributed by atoms with Gasteiger partial charge in [0.15, 0.2) is 18.1 Å². The van der Waals surface area contributed by atoms with Crippen molar-refractivity contribution >= 4 is 35.2 Å². The molecule has 0 unspecified atom stereocenters. The van der Waals surface area contributed by atoms with E-state index in [1.165, 1.54) is 45.6 Å². The number of nitrogens with one attached hydrogen (secondary N) is 1. The number of alkyl halides is 2. The lowest BCUT2D eigenvalue weighted by Gasteiger charge is -2.12. The van der Waals surface area contributed by atoms with Gasteiger partial charge in [0, 0.05) is 11.8 Å². The van der Waals surface area contributed by atoms with E-state index in [0.29, 0.717) is 22.8 Å². The fourth-order valence-electron chi connectivity index (χ4n) is 2.51. The van der Waals surface area contributed by atoms with Crippen molar-refractivity contribution in [2.45, 2.75) is 6.61 Å². The molecule has 1 amide bonds. The molecule has 0 spiro atoms. The van der Waals surface area contributed by atoms with Crippen molar-refractivity contribution < 1.29 is 42.1 Å². The molecule has 32 heavy (non-hydrogen) atoms. The minimum Gasteiger partial charge on any atom is -0.493 e. The maximum absolute atomic E-state index is 12.2. The van der Waals surface area contributed by atoms with Gasteiger partial charge in [-0.2, -0.15) is 8.78 Å². The number of hydrogen-bond donors (Lipinski definition) is 1. The Hall–Kier alpha value is -3.53. The summed E-state index contributed by atoms with van der Waals surface area (Å²) in [4.78, 5) is 23.9. The van der Waals surface area contributed by atoms with Gasteiger partial charge in [-0.1, -0.05) is 11.6 Å². The molecule has 0 fully saturated rings. The lowest BCUT2D eigenvalue weighted by Crippen LogP contribution is -2.20. The highest BCUT2D eigenvalue weighted by molar-refractivity contribution is 6.32. The number of carbonyl (C=O) groups is 2. The van der Waals surface area contributed by atoms with E-state index in [0.717, 1.165) is 6.08 Å². The number of hydrogen-bond acceptors (Lipinski definition) is 7. The Balaban J connectivity index is 1.93. The Kier molecular flexibility index (Phi) is 9.08. The molecule has 0 aromatic heterocycles. The molecule has 0 aliphatic heterocycles. The average Bonchev–Trinajstić information content (AvgIpc) is 2.76. The van der Waals surface area contributed by atoms with Gasteiger partial charge in [0.05, 0.1) is 26.4 Å². The summed E-state index contributed by atoms with van der Waals surface area (Å²) in [5.74, 6) is -0.445. The molecule has 0 radical (unpaired) electrons.